The number of nitrogens with one attached hydrogen (secondary N) is 1. The number of nitrogens with zero attached hydrogens (tertiary/aromatic N) is 5. The van der Waals surface area contributed by atoms with Crippen LogP contribution in [0.1, 0.15) is 16.9 Å². The number of rotatable bonds is 4. The molecular formula is C19H18N6O3. The predicted octanol–water partition coefficient (Wildman–Crippen LogP) is 2.13. The number of amides is 1. The van der Waals surface area contributed by atoms with Gasteiger partial charge in [-0.3, -0.25) is 14.2 Å². The van der Waals surface area contributed by atoms with E-state index in [0.717, 1.165) is 16.8 Å². The molecule has 0 aliphatic carbocycles. The van der Waals surface area contributed by atoms with Crippen molar-refractivity contribution in [1.82, 2.24) is 24.5 Å². The van der Waals surface area contributed by atoms with Gasteiger partial charge in [0.2, 0.25) is 5.91 Å². The molecule has 0 saturated carbocycles. The van der Waals surface area contributed by atoms with Crippen LogP contribution in [0.2, 0.25) is 0 Å². The maximum Gasteiger partial charge on any atom is 0.264 e. The molecule has 0 radical (unpaired) electrons. The zero-order valence-corrected chi connectivity index (χ0v) is 15.6. The van der Waals surface area contributed by atoms with E-state index in [1.54, 1.807) is 17.7 Å². The zero-order chi connectivity index (χ0) is 19.8. The average molecular weight is 378 g/mol. The van der Waals surface area contributed by atoms with Gasteiger partial charge >= 0.3 is 0 Å². The van der Waals surface area contributed by atoms with Crippen molar-refractivity contribution < 1.29 is 9.32 Å². The largest absolute Gasteiger partial charge is 0.360 e. The summed E-state index contributed by atoms with van der Waals surface area (Å²) in [7, 11) is 0. The van der Waals surface area contributed by atoms with Crippen molar-refractivity contribution in [2.75, 3.05) is 5.32 Å². The minimum absolute atomic E-state index is 0.192. The number of fused-ring (bicyclic) bond motifs is 1. The summed E-state index contributed by atoms with van der Waals surface area (Å²) in [6, 6.07) is 7.56. The number of carbonyl (C=O) groups excluding carboxylic acids is 1. The van der Waals surface area contributed by atoms with E-state index >= 15 is 0 Å². The molecule has 9 heteroatoms. The van der Waals surface area contributed by atoms with Crippen LogP contribution in [0.25, 0.3) is 16.7 Å². The van der Waals surface area contributed by atoms with Crippen LogP contribution in [-0.2, 0) is 11.3 Å². The van der Waals surface area contributed by atoms with Crippen LogP contribution < -0.4 is 10.9 Å². The summed E-state index contributed by atoms with van der Waals surface area (Å²) in [5, 5.41) is 10.9. The SMILES string of the molecule is Cc1ccc(-n2ncc3c(=O)n(CC(=O)Nc4cc(C)on4)cnc32)c(C)c1. The Morgan fingerprint density at radius 2 is 2.04 bits per heavy atom. The molecule has 0 bridgehead atoms. The zero-order valence-electron chi connectivity index (χ0n) is 15.6. The van der Waals surface area contributed by atoms with E-state index in [1.165, 1.54) is 17.1 Å². The highest BCUT2D eigenvalue weighted by Gasteiger charge is 2.15. The maximum absolute atomic E-state index is 12.8. The van der Waals surface area contributed by atoms with E-state index in [2.05, 4.69) is 20.6 Å². The fourth-order valence-electron chi connectivity index (χ4n) is 3.04. The minimum Gasteiger partial charge on any atom is -0.360 e. The second-order valence-electron chi connectivity index (χ2n) is 6.63. The molecule has 0 spiro atoms. The highest BCUT2D eigenvalue weighted by atomic mass is 16.5. The second kappa shape index (κ2) is 6.76. The lowest BCUT2D eigenvalue weighted by Gasteiger charge is -2.08. The number of aryl methyl sites for hydroxylation is 3. The Bertz CT molecular complexity index is 1250. The molecule has 9 nitrogen and oxygen atoms in total. The van der Waals surface area contributed by atoms with Gasteiger partial charge in [0.05, 0.1) is 11.9 Å². The monoisotopic (exact) mass is 378 g/mol. The smallest absolute Gasteiger partial charge is 0.264 e. The molecule has 4 aromatic rings. The Kier molecular flexibility index (Phi) is 4.26. The molecule has 0 saturated heterocycles. The van der Waals surface area contributed by atoms with Gasteiger partial charge in [0.25, 0.3) is 5.56 Å². The fourth-order valence-corrected chi connectivity index (χ4v) is 3.04. The molecule has 0 fully saturated rings. The number of carbonyl (C=O) groups is 1. The normalized spacial score (nSPS) is 11.1. The second-order valence-corrected chi connectivity index (χ2v) is 6.63. The van der Waals surface area contributed by atoms with Gasteiger partial charge in [-0.2, -0.15) is 5.10 Å². The van der Waals surface area contributed by atoms with Crippen molar-refractivity contribution >= 4 is 22.8 Å². The lowest BCUT2D eigenvalue weighted by Crippen LogP contribution is -2.28. The summed E-state index contributed by atoms with van der Waals surface area (Å²) in [5.41, 5.74) is 3.12. The van der Waals surface area contributed by atoms with E-state index in [1.807, 2.05) is 32.0 Å². The number of hydrogen-bond acceptors (Lipinski definition) is 6. The Morgan fingerprint density at radius 1 is 1.21 bits per heavy atom. The summed E-state index contributed by atoms with van der Waals surface area (Å²) >= 11 is 0. The van der Waals surface area contributed by atoms with Crippen LogP contribution in [-0.4, -0.2) is 30.4 Å². The third kappa shape index (κ3) is 3.18. The molecule has 4 rings (SSSR count). The van der Waals surface area contributed by atoms with E-state index in [0.29, 0.717) is 22.6 Å². The highest BCUT2D eigenvalue weighted by molar-refractivity contribution is 5.89. The van der Waals surface area contributed by atoms with Crippen LogP contribution in [0.15, 0.2) is 46.1 Å². The molecule has 3 aromatic heterocycles. The number of aromatic nitrogens is 5. The van der Waals surface area contributed by atoms with Crippen molar-refractivity contribution in [1.29, 1.82) is 0 Å². The average Bonchev–Trinajstić information content (AvgIpc) is 3.24. The van der Waals surface area contributed by atoms with E-state index in [9.17, 15) is 9.59 Å². The van der Waals surface area contributed by atoms with Crippen LogP contribution in [0.5, 0.6) is 0 Å². The Labute approximate surface area is 159 Å². The minimum atomic E-state index is -0.404. The molecule has 3 heterocycles. The first-order valence-electron chi connectivity index (χ1n) is 8.66. The standard InChI is InChI=1S/C19H18N6O3/c1-11-4-5-15(12(2)6-11)25-18-14(8-21-25)19(27)24(10-20-18)9-17(26)22-16-7-13(3)28-23-16/h4-8,10H,9H2,1-3H3,(H,22,23,26). The first kappa shape index (κ1) is 17.7. The highest BCUT2D eigenvalue weighted by Crippen LogP contribution is 2.18. The Balaban J connectivity index is 1.65. The van der Waals surface area contributed by atoms with Gasteiger partial charge in [-0.05, 0) is 32.4 Å². The quantitative estimate of drug-likeness (QED) is 0.583. The van der Waals surface area contributed by atoms with Crippen molar-refractivity contribution in [3.63, 3.8) is 0 Å². The number of anilines is 1. The Hall–Kier alpha value is -3.75. The lowest BCUT2D eigenvalue weighted by atomic mass is 10.1. The number of benzene rings is 1. The third-order valence-electron chi connectivity index (χ3n) is 4.34. The molecule has 142 valence electrons. The lowest BCUT2D eigenvalue weighted by molar-refractivity contribution is -0.116. The summed E-state index contributed by atoms with van der Waals surface area (Å²) in [5.74, 6) is 0.472. The molecule has 1 amide bonds. The summed E-state index contributed by atoms with van der Waals surface area (Å²) in [6.45, 7) is 5.52. The van der Waals surface area contributed by atoms with Crippen LogP contribution in [0.3, 0.4) is 0 Å². The fraction of sp³-hybridized carbons (Fsp3) is 0.211. The topological polar surface area (TPSA) is 108 Å². The van der Waals surface area contributed by atoms with Gasteiger partial charge in [-0.25, -0.2) is 9.67 Å². The molecule has 0 aliphatic rings. The van der Waals surface area contributed by atoms with Crippen molar-refractivity contribution in [3.05, 3.63) is 64.0 Å². The van der Waals surface area contributed by atoms with Gasteiger partial charge in [0.1, 0.15) is 24.0 Å². The van der Waals surface area contributed by atoms with Crippen molar-refractivity contribution in [2.45, 2.75) is 27.3 Å². The predicted molar refractivity (Wildman–Crippen MR) is 102 cm³/mol. The maximum atomic E-state index is 12.8. The van der Waals surface area contributed by atoms with Gasteiger partial charge in [-0.15, -0.1) is 0 Å². The first-order valence-corrected chi connectivity index (χ1v) is 8.66. The molecule has 1 aromatic carbocycles. The van der Waals surface area contributed by atoms with Crippen LogP contribution in [0.4, 0.5) is 5.82 Å². The van der Waals surface area contributed by atoms with Crippen LogP contribution >= 0.6 is 0 Å². The van der Waals surface area contributed by atoms with Gasteiger partial charge < -0.3 is 9.84 Å². The molecule has 28 heavy (non-hydrogen) atoms. The van der Waals surface area contributed by atoms with E-state index in [-0.39, 0.29) is 12.1 Å². The molecule has 0 atom stereocenters. The van der Waals surface area contributed by atoms with Gasteiger partial charge in [0.15, 0.2) is 11.5 Å². The van der Waals surface area contributed by atoms with E-state index in [4.69, 9.17) is 4.52 Å². The summed E-state index contributed by atoms with van der Waals surface area (Å²) in [6.07, 6.45) is 2.82. The molecular weight excluding hydrogens is 360 g/mol. The summed E-state index contributed by atoms with van der Waals surface area (Å²) in [4.78, 5) is 29.3. The van der Waals surface area contributed by atoms with Gasteiger partial charge in [-0.1, -0.05) is 22.9 Å². The molecule has 0 aliphatic heterocycles. The van der Waals surface area contributed by atoms with Crippen LogP contribution in [0, 0.1) is 20.8 Å². The van der Waals surface area contributed by atoms with Gasteiger partial charge in [0, 0.05) is 6.07 Å². The van der Waals surface area contributed by atoms with E-state index < -0.39 is 5.91 Å². The molecule has 1 N–H and O–H groups in total. The summed E-state index contributed by atoms with van der Waals surface area (Å²) < 4.78 is 7.77. The molecule has 0 unspecified atom stereocenters. The first-order chi connectivity index (χ1) is 13.4. The van der Waals surface area contributed by atoms with Crippen molar-refractivity contribution in [3.8, 4) is 5.69 Å². The third-order valence-corrected chi connectivity index (χ3v) is 4.34. The van der Waals surface area contributed by atoms with Crippen molar-refractivity contribution in [2.24, 2.45) is 0 Å². The Morgan fingerprint density at radius 3 is 2.75 bits per heavy atom. The number of hydrogen-bond donors (Lipinski definition) is 1.